The summed E-state index contributed by atoms with van der Waals surface area (Å²) in [7, 11) is 0. The predicted molar refractivity (Wildman–Crippen MR) is 115 cm³/mol. The third-order valence-corrected chi connectivity index (χ3v) is 4.64. The van der Waals surface area contributed by atoms with Crippen molar-refractivity contribution in [1.82, 2.24) is 10.3 Å². The van der Waals surface area contributed by atoms with Gasteiger partial charge in [-0.15, -0.1) is 0 Å². The first-order valence-electron chi connectivity index (χ1n) is 9.52. The molecule has 0 fully saturated rings. The van der Waals surface area contributed by atoms with Crippen molar-refractivity contribution < 1.29 is 9.59 Å². The number of amides is 2. The minimum Gasteiger partial charge on any atom is -0.348 e. The summed E-state index contributed by atoms with van der Waals surface area (Å²) in [4.78, 5) is 28.9. The van der Waals surface area contributed by atoms with E-state index in [9.17, 15) is 9.59 Å². The van der Waals surface area contributed by atoms with Crippen LogP contribution < -0.4 is 10.6 Å². The number of benzene rings is 2. The second-order valence-corrected chi connectivity index (χ2v) is 7.86. The number of rotatable bonds is 5. The maximum absolute atomic E-state index is 12.5. The van der Waals surface area contributed by atoms with E-state index in [1.165, 1.54) is 11.8 Å². The van der Waals surface area contributed by atoms with Crippen molar-refractivity contribution in [1.29, 1.82) is 0 Å². The summed E-state index contributed by atoms with van der Waals surface area (Å²) in [5, 5.41) is 5.81. The lowest BCUT2D eigenvalue weighted by Gasteiger charge is -2.19. The summed E-state index contributed by atoms with van der Waals surface area (Å²) in [6.45, 7) is 6.72. The van der Waals surface area contributed by atoms with Crippen molar-refractivity contribution in [2.45, 2.75) is 32.7 Å². The highest BCUT2D eigenvalue weighted by Crippen LogP contribution is 2.22. The third-order valence-electron chi connectivity index (χ3n) is 4.64. The molecule has 2 amide bonds. The predicted octanol–water partition coefficient (Wildman–Crippen LogP) is 4.56. The Morgan fingerprint density at radius 2 is 1.59 bits per heavy atom. The van der Waals surface area contributed by atoms with Crippen LogP contribution in [0.2, 0.25) is 0 Å². The van der Waals surface area contributed by atoms with E-state index in [0.29, 0.717) is 23.4 Å². The third kappa shape index (κ3) is 5.29. The smallest absolute Gasteiger partial charge is 0.257 e. The molecule has 0 aliphatic heterocycles. The van der Waals surface area contributed by atoms with Gasteiger partial charge in [-0.2, -0.15) is 0 Å². The molecule has 5 heteroatoms. The first-order valence-corrected chi connectivity index (χ1v) is 9.52. The molecule has 3 aromatic rings. The van der Waals surface area contributed by atoms with Crippen LogP contribution in [0.5, 0.6) is 0 Å². The Balaban J connectivity index is 1.66. The number of hydrogen-bond acceptors (Lipinski definition) is 3. The van der Waals surface area contributed by atoms with Gasteiger partial charge in [0.2, 0.25) is 0 Å². The fraction of sp³-hybridized carbons (Fsp3) is 0.208. The maximum atomic E-state index is 12.5. The number of hydrogen-bond donors (Lipinski definition) is 2. The van der Waals surface area contributed by atoms with Crippen molar-refractivity contribution >= 4 is 17.5 Å². The topological polar surface area (TPSA) is 71.1 Å². The Morgan fingerprint density at radius 1 is 0.862 bits per heavy atom. The molecule has 1 aromatic heterocycles. The van der Waals surface area contributed by atoms with Crippen LogP contribution >= 0.6 is 0 Å². The van der Waals surface area contributed by atoms with Crippen molar-refractivity contribution in [2.24, 2.45) is 0 Å². The van der Waals surface area contributed by atoms with Crippen LogP contribution in [0.15, 0.2) is 73.1 Å². The molecule has 0 radical (unpaired) electrons. The van der Waals surface area contributed by atoms with E-state index >= 15 is 0 Å². The Bertz CT molecular complexity index is 991. The van der Waals surface area contributed by atoms with Crippen LogP contribution in [0.1, 0.15) is 52.6 Å². The first kappa shape index (κ1) is 20.3. The zero-order chi connectivity index (χ0) is 20.9. The molecule has 3 rings (SSSR count). The van der Waals surface area contributed by atoms with E-state index in [0.717, 1.165) is 5.56 Å². The van der Waals surface area contributed by atoms with E-state index in [-0.39, 0.29) is 17.2 Å². The van der Waals surface area contributed by atoms with Crippen molar-refractivity contribution in [2.75, 3.05) is 5.32 Å². The molecule has 0 aliphatic rings. The molecule has 0 saturated carbocycles. The standard InChI is InChI=1S/C24H25N3O2/c1-24(2,3)20-12-10-17(11-13-20)22(28)26-16-18-7-4-5-9-21(18)27-23(29)19-8-6-14-25-15-19/h4-15H,16H2,1-3H3,(H,26,28)(H,27,29). The lowest BCUT2D eigenvalue weighted by Crippen LogP contribution is -2.24. The number of pyridine rings is 1. The average molecular weight is 387 g/mol. The minimum absolute atomic E-state index is 0.0421. The highest BCUT2D eigenvalue weighted by atomic mass is 16.2. The molecule has 0 unspecified atom stereocenters. The Morgan fingerprint density at radius 3 is 2.24 bits per heavy atom. The number of carbonyl (C=O) groups excluding carboxylic acids is 2. The lowest BCUT2D eigenvalue weighted by molar-refractivity contribution is 0.0950. The van der Waals surface area contributed by atoms with Gasteiger partial charge in [0.25, 0.3) is 11.8 Å². The minimum atomic E-state index is -0.241. The maximum Gasteiger partial charge on any atom is 0.257 e. The largest absolute Gasteiger partial charge is 0.348 e. The fourth-order valence-corrected chi connectivity index (χ4v) is 2.89. The van der Waals surface area contributed by atoms with Gasteiger partial charge in [0.1, 0.15) is 0 Å². The number of nitrogens with one attached hydrogen (secondary N) is 2. The number of carbonyl (C=O) groups is 2. The van der Waals surface area contributed by atoms with Crippen LogP contribution in [0.4, 0.5) is 5.69 Å². The van der Waals surface area contributed by atoms with Crippen LogP contribution in [0.25, 0.3) is 0 Å². The van der Waals surface area contributed by atoms with E-state index in [1.807, 2.05) is 48.5 Å². The molecule has 0 aliphatic carbocycles. The van der Waals surface area contributed by atoms with Gasteiger partial charge in [-0.05, 0) is 46.9 Å². The van der Waals surface area contributed by atoms with E-state index in [4.69, 9.17) is 0 Å². The molecule has 2 aromatic carbocycles. The molecular formula is C24H25N3O2. The second-order valence-electron chi connectivity index (χ2n) is 7.86. The average Bonchev–Trinajstić information content (AvgIpc) is 2.73. The first-order chi connectivity index (χ1) is 13.8. The molecule has 29 heavy (non-hydrogen) atoms. The summed E-state index contributed by atoms with van der Waals surface area (Å²) in [6.07, 6.45) is 3.13. The van der Waals surface area contributed by atoms with Crippen LogP contribution in [0.3, 0.4) is 0 Å². The molecule has 0 saturated heterocycles. The highest BCUT2D eigenvalue weighted by Gasteiger charge is 2.15. The lowest BCUT2D eigenvalue weighted by atomic mass is 9.87. The van der Waals surface area contributed by atoms with Crippen molar-refractivity contribution in [3.8, 4) is 0 Å². The highest BCUT2D eigenvalue weighted by molar-refractivity contribution is 6.04. The molecule has 0 atom stereocenters. The van der Waals surface area contributed by atoms with E-state index in [1.54, 1.807) is 18.3 Å². The van der Waals surface area contributed by atoms with E-state index < -0.39 is 0 Å². The second kappa shape index (κ2) is 8.69. The molecule has 0 spiro atoms. The molecule has 0 bridgehead atoms. The summed E-state index contributed by atoms with van der Waals surface area (Å²) in [5.41, 5.74) is 3.78. The Kier molecular flexibility index (Phi) is 6.07. The number of anilines is 1. The normalized spacial score (nSPS) is 11.0. The number of para-hydroxylation sites is 1. The molecule has 2 N–H and O–H groups in total. The van der Waals surface area contributed by atoms with Gasteiger partial charge in [-0.3, -0.25) is 14.6 Å². The van der Waals surface area contributed by atoms with Crippen molar-refractivity contribution in [3.63, 3.8) is 0 Å². The monoisotopic (exact) mass is 387 g/mol. The van der Waals surface area contributed by atoms with Crippen LogP contribution in [0, 0.1) is 0 Å². The van der Waals surface area contributed by atoms with Crippen molar-refractivity contribution in [3.05, 3.63) is 95.3 Å². The quantitative estimate of drug-likeness (QED) is 0.674. The summed E-state index contributed by atoms with van der Waals surface area (Å²) >= 11 is 0. The zero-order valence-electron chi connectivity index (χ0n) is 16.9. The van der Waals surface area contributed by atoms with Crippen LogP contribution in [-0.4, -0.2) is 16.8 Å². The van der Waals surface area contributed by atoms with Gasteiger partial charge < -0.3 is 10.6 Å². The van der Waals surface area contributed by atoms with E-state index in [2.05, 4.69) is 36.4 Å². The number of aromatic nitrogens is 1. The fourth-order valence-electron chi connectivity index (χ4n) is 2.89. The molecular weight excluding hydrogens is 362 g/mol. The van der Waals surface area contributed by atoms with Gasteiger partial charge in [-0.1, -0.05) is 51.1 Å². The van der Waals surface area contributed by atoms with Gasteiger partial charge in [0.15, 0.2) is 0 Å². The Labute approximate surface area is 171 Å². The molecule has 5 nitrogen and oxygen atoms in total. The SMILES string of the molecule is CC(C)(C)c1ccc(C(=O)NCc2ccccc2NC(=O)c2cccnc2)cc1. The van der Waals surface area contributed by atoms with Gasteiger partial charge >= 0.3 is 0 Å². The summed E-state index contributed by atoms with van der Waals surface area (Å²) in [5.74, 6) is -0.395. The summed E-state index contributed by atoms with van der Waals surface area (Å²) in [6, 6.07) is 18.5. The number of nitrogens with zero attached hydrogens (tertiary/aromatic N) is 1. The van der Waals surface area contributed by atoms with Gasteiger partial charge in [0.05, 0.1) is 5.56 Å². The summed E-state index contributed by atoms with van der Waals surface area (Å²) < 4.78 is 0. The molecule has 148 valence electrons. The molecule has 1 heterocycles. The zero-order valence-corrected chi connectivity index (χ0v) is 16.9. The Hall–Kier alpha value is -3.47. The van der Waals surface area contributed by atoms with Gasteiger partial charge in [-0.25, -0.2) is 0 Å². The van der Waals surface area contributed by atoms with Gasteiger partial charge in [0, 0.05) is 30.2 Å². The van der Waals surface area contributed by atoms with Crippen LogP contribution in [-0.2, 0) is 12.0 Å².